The van der Waals surface area contributed by atoms with Gasteiger partial charge in [0.2, 0.25) is 0 Å². The zero-order chi connectivity index (χ0) is 20.4. The smallest absolute Gasteiger partial charge is 0.267 e. The summed E-state index contributed by atoms with van der Waals surface area (Å²) in [5.41, 5.74) is 2.80. The van der Waals surface area contributed by atoms with Crippen molar-refractivity contribution in [2.75, 3.05) is 31.1 Å². The van der Waals surface area contributed by atoms with Crippen molar-refractivity contribution in [2.45, 2.75) is 33.6 Å². The van der Waals surface area contributed by atoms with Gasteiger partial charge < -0.3 is 9.80 Å². The molecule has 0 aliphatic carbocycles. The monoisotopic (exact) mass is 412 g/mol. The van der Waals surface area contributed by atoms with E-state index in [1.54, 1.807) is 6.33 Å². The number of hydrogen-bond acceptors (Lipinski definition) is 8. The van der Waals surface area contributed by atoms with E-state index in [0.717, 1.165) is 41.6 Å². The second-order valence-corrected chi connectivity index (χ2v) is 7.91. The Morgan fingerprint density at radius 2 is 1.86 bits per heavy atom. The molecule has 3 aromatic heterocycles. The van der Waals surface area contributed by atoms with E-state index in [-0.39, 0.29) is 5.91 Å². The molecule has 0 N–H and O–H groups in total. The lowest BCUT2D eigenvalue weighted by Crippen LogP contribution is -2.49. The molecular formula is C19H24N8OS. The standard InChI is InChI=1S/C19H24N8OS/c1-4-5-15-18(29-24-22-15)19(28)26-8-6-25(7-9-26)16-11-17(21-12-20-16)27-14(3)10-13(2)23-27/h10-12H,4-9H2,1-3H3. The highest BCUT2D eigenvalue weighted by Gasteiger charge is 2.26. The van der Waals surface area contributed by atoms with Crippen LogP contribution in [0.2, 0.25) is 0 Å². The number of nitrogens with zero attached hydrogens (tertiary/aromatic N) is 8. The van der Waals surface area contributed by atoms with E-state index in [1.165, 1.54) is 11.5 Å². The van der Waals surface area contributed by atoms with Crippen molar-refractivity contribution in [1.82, 2.24) is 34.2 Å². The van der Waals surface area contributed by atoms with Crippen LogP contribution in [0.15, 0.2) is 18.5 Å². The normalized spacial score (nSPS) is 14.4. The minimum atomic E-state index is 0.0362. The van der Waals surface area contributed by atoms with Crippen molar-refractivity contribution >= 4 is 23.3 Å². The van der Waals surface area contributed by atoms with E-state index in [2.05, 4.69) is 36.5 Å². The van der Waals surface area contributed by atoms with Crippen LogP contribution in [0.4, 0.5) is 5.82 Å². The second-order valence-electron chi connectivity index (χ2n) is 7.15. The van der Waals surface area contributed by atoms with E-state index in [1.807, 2.05) is 35.6 Å². The minimum absolute atomic E-state index is 0.0362. The molecule has 0 spiro atoms. The Morgan fingerprint density at radius 3 is 2.55 bits per heavy atom. The first-order valence-corrected chi connectivity index (χ1v) is 10.5. The lowest BCUT2D eigenvalue weighted by Gasteiger charge is -2.35. The predicted molar refractivity (Wildman–Crippen MR) is 111 cm³/mol. The second kappa shape index (κ2) is 8.24. The number of aryl methyl sites for hydroxylation is 3. The van der Waals surface area contributed by atoms with Crippen molar-refractivity contribution in [2.24, 2.45) is 0 Å². The molecule has 1 amide bonds. The quantitative estimate of drug-likeness (QED) is 0.633. The van der Waals surface area contributed by atoms with Crippen LogP contribution in [0.5, 0.6) is 0 Å². The number of carbonyl (C=O) groups excluding carboxylic acids is 1. The summed E-state index contributed by atoms with van der Waals surface area (Å²) in [6.45, 7) is 8.76. The first-order valence-electron chi connectivity index (χ1n) is 9.78. The summed E-state index contributed by atoms with van der Waals surface area (Å²) in [6.07, 6.45) is 3.30. The van der Waals surface area contributed by atoms with Crippen molar-refractivity contribution in [3.8, 4) is 5.82 Å². The highest BCUT2D eigenvalue weighted by molar-refractivity contribution is 7.08. The topological polar surface area (TPSA) is 92.9 Å². The van der Waals surface area contributed by atoms with E-state index in [0.29, 0.717) is 31.1 Å². The zero-order valence-electron chi connectivity index (χ0n) is 16.9. The van der Waals surface area contributed by atoms with Crippen LogP contribution in [0.1, 0.15) is 40.1 Å². The Balaban J connectivity index is 1.45. The molecule has 10 heteroatoms. The molecular weight excluding hydrogens is 388 g/mol. The number of hydrogen-bond donors (Lipinski definition) is 0. The van der Waals surface area contributed by atoms with Gasteiger partial charge in [0.05, 0.1) is 11.4 Å². The van der Waals surface area contributed by atoms with Gasteiger partial charge in [0.25, 0.3) is 5.91 Å². The van der Waals surface area contributed by atoms with Gasteiger partial charge >= 0.3 is 0 Å². The maximum atomic E-state index is 12.9. The largest absolute Gasteiger partial charge is 0.353 e. The third-order valence-corrected chi connectivity index (χ3v) is 5.75. The van der Waals surface area contributed by atoms with Gasteiger partial charge in [-0.1, -0.05) is 17.8 Å². The van der Waals surface area contributed by atoms with Crippen LogP contribution in [-0.4, -0.2) is 66.3 Å². The molecule has 0 saturated carbocycles. The van der Waals surface area contributed by atoms with Crippen molar-refractivity contribution < 1.29 is 4.79 Å². The Kier molecular flexibility index (Phi) is 5.52. The summed E-state index contributed by atoms with van der Waals surface area (Å²) in [5, 5.41) is 8.62. The number of carbonyl (C=O) groups is 1. The molecule has 4 heterocycles. The van der Waals surface area contributed by atoms with Gasteiger partial charge in [-0.15, -0.1) is 5.10 Å². The Labute approximate surface area is 173 Å². The number of amides is 1. The summed E-state index contributed by atoms with van der Waals surface area (Å²) in [5.74, 6) is 1.63. The summed E-state index contributed by atoms with van der Waals surface area (Å²) in [7, 11) is 0. The highest BCUT2D eigenvalue weighted by Crippen LogP contribution is 2.20. The molecule has 1 saturated heterocycles. The van der Waals surface area contributed by atoms with E-state index >= 15 is 0 Å². The van der Waals surface area contributed by atoms with Gasteiger partial charge in [0.15, 0.2) is 5.82 Å². The van der Waals surface area contributed by atoms with Crippen LogP contribution in [0, 0.1) is 13.8 Å². The average Bonchev–Trinajstić information content (AvgIpc) is 3.33. The molecule has 0 aromatic carbocycles. The SMILES string of the molecule is CCCc1nnsc1C(=O)N1CCN(c2cc(-n3nc(C)cc3C)ncn2)CC1. The summed E-state index contributed by atoms with van der Waals surface area (Å²) >= 11 is 1.20. The molecule has 0 radical (unpaired) electrons. The van der Waals surface area contributed by atoms with Crippen LogP contribution in [0.3, 0.4) is 0 Å². The van der Waals surface area contributed by atoms with Gasteiger partial charge in [-0.3, -0.25) is 4.79 Å². The van der Waals surface area contributed by atoms with Gasteiger partial charge in [-0.2, -0.15) is 5.10 Å². The maximum Gasteiger partial charge on any atom is 0.267 e. The number of aromatic nitrogens is 6. The molecule has 29 heavy (non-hydrogen) atoms. The van der Waals surface area contributed by atoms with Gasteiger partial charge in [-0.05, 0) is 37.9 Å². The molecule has 152 valence electrons. The van der Waals surface area contributed by atoms with Crippen molar-refractivity contribution in [1.29, 1.82) is 0 Å². The first-order chi connectivity index (χ1) is 14.1. The molecule has 0 unspecified atom stereocenters. The van der Waals surface area contributed by atoms with Gasteiger partial charge in [0.1, 0.15) is 17.0 Å². The van der Waals surface area contributed by atoms with E-state index in [4.69, 9.17) is 0 Å². The summed E-state index contributed by atoms with van der Waals surface area (Å²) in [4.78, 5) is 26.4. The summed E-state index contributed by atoms with van der Waals surface area (Å²) in [6, 6.07) is 3.97. The predicted octanol–water partition coefficient (Wildman–Crippen LogP) is 2.05. The van der Waals surface area contributed by atoms with Gasteiger partial charge in [-0.25, -0.2) is 14.6 Å². The maximum absolute atomic E-state index is 12.9. The Morgan fingerprint density at radius 1 is 1.10 bits per heavy atom. The molecule has 4 rings (SSSR count). The number of anilines is 1. The van der Waals surface area contributed by atoms with E-state index < -0.39 is 0 Å². The highest BCUT2D eigenvalue weighted by atomic mass is 32.1. The molecule has 1 fully saturated rings. The van der Waals surface area contributed by atoms with Crippen LogP contribution in [-0.2, 0) is 6.42 Å². The Bertz CT molecular complexity index is 1010. The number of rotatable bonds is 5. The van der Waals surface area contributed by atoms with E-state index in [9.17, 15) is 4.79 Å². The molecule has 0 atom stereocenters. The molecule has 9 nitrogen and oxygen atoms in total. The third-order valence-electron chi connectivity index (χ3n) is 4.99. The lowest BCUT2D eigenvalue weighted by molar-refractivity contribution is 0.0750. The molecule has 1 aliphatic heterocycles. The molecule has 0 bridgehead atoms. The fourth-order valence-corrected chi connectivity index (χ4v) is 4.22. The minimum Gasteiger partial charge on any atom is -0.353 e. The van der Waals surface area contributed by atoms with Crippen molar-refractivity contribution in [3.05, 3.63) is 40.4 Å². The third kappa shape index (κ3) is 3.98. The van der Waals surface area contributed by atoms with Gasteiger partial charge in [0, 0.05) is 37.9 Å². The zero-order valence-corrected chi connectivity index (χ0v) is 17.7. The van der Waals surface area contributed by atoms with Crippen LogP contribution < -0.4 is 4.90 Å². The Hall–Kier alpha value is -2.88. The fraction of sp³-hybridized carbons (Fsp3) is 0.474. The van der Waals surface area contributed by atoms with Crippen LogP contribution >= 0.6 is 11.5 Å². The fourth-order valence-electron chi connectivity index (χ4n) is 3.54. The molecule has 1 aliphatic rings. The average molecular weight is 413 g/mol. The summed E-state index contributed by atoms with van der Waals surface area (Å²) < 4.78 is 5.80. The number of piperazine rings is 1. The van der Waals surface area contributed by atoms with Crippen LogP contribution in [0.25, 0.3) is 5.82 Å². The van der Waals surface area contributed by atoms with Crippen molar-refractivity contribution in [3.63, 3.8) is 0 Å². The molecule has 3 aromatic rings. The lowest BCUT2D eigenvalue weighted by atomic mass is 10.2. The first kappa shape index (κ1) is 19.4.